The summed E-state index contributed by atoms with van der Waals surface area (Å²) in [4.78, 5) is 12.6. The molecule has 1 amide bonds. The summed E-state index contributed by atoms with van der Waals surface area (Å²) in [5, 5.41) is 4.86. The Morgan fingerprint density at radius 1 is 0.853 bits per heavy atom. The van der Waals surface area contributed by atoms with Crippen LogP contribution < -0.4 is 15.4 Å². The van der Waals surface area contributed by atoms with E-state index in [1.54, 1.807) is 66.7 Å². The van der Waals surface area contributed by atoms with Crippen LogP contribution in [-0.2, 0) is 6.18 Å². The van der Waals surface area contributed by atoms with Gasteiger partial charge < -0.3 is 14.5 Å². The molecule has 172 valence electrons. The number of benzene rings is 3. The lowest BCUT2D eigenvalue weighted by Gasteiger charge is -2.12. The number of thiocarbonyl (C=S) groups is 1. The highest BCUT2D eigenvalue weighted by Gasteiger charge is 2.40. The van der Waals surface area contributed by atoms with Crippen LogP contribution in [0.25, 0.3) is 11.3 Å². The van der Waals surface area contributed by atoms with Gasteiger partial charge in [-0.1, -0.05) is 54.6 Å². The molecule has 0 spiro atoms. The van der Waals surface area contributed by atoms with E-state index in [1.165, 1.54) is 0 Å². The Bertz CT molecular complexity index is 1310. The minimum absolute atomic E-state index is 0.0808. The van der Waals surface area contributed by atoms with Crippen LogP contribution in [0.15, 0.2) is 95.4 Å². The first-order valence-electron chi connectivity index (χ1n) is 10.0. The Balaban J connectivity index is 1.48. The molecule has 5 nitrogen and oxygen atoms in total. The smallest absolute Gasteiger partial charge is 0.450 e. The van der Waals surface area contributed by atoms with E-state index in [9.17, 15) is 18.0 Å². The van der Waals surface area contributed by atoms with Gasteiger partial charge in [0, 0.05) is 17.3 Å². The monoisotopic (exact) mass is 482 g/mol. The molecule has 3 aromatic carbocycles. The molecular formula is C25H17F3N2O3S. The second kappa shape index (κ2) is 9.80. The number of amides is 1. The van der Waals surface area contributed by atoms with Crippen LogP contribution in [0.1, 0.15) is 16.1 Å². The molecule has 1 aromatic heterocycles. The first kappa shape index (κ1) is 23.1. The second-order valence-corrected chi connectivity index (χ2v) is 7.48. The number of anilines is 1. The van der Waals surface area contributed by atoms with Crippen LogP contribution in [0.5, 0.6) is 11.5 Å². The second-order valence-electron chi connectivity index (χ2n) is 7.07. The van der Waals surface area contributed by atoms with Crippen LogP contribution in [0.2, 0.25) is 0 Å². The number of hydrogen-bond acceptors (Lipinski definition) is 4. The Morgan fingerprint density at radius 3 is 2.18 bits per heavy atom. The zero-order valence-corrected chi connectivity index (χ0v) is 18.2. The predicted molar refractivity (Wildman–Crippen MR) is 126 cm³/mol. The SMILES string of the molecule is O=C(NC(=S)Nc1cccc(Oc2ccccc2)c1)c1cc(-c2ccccc2)oc1C(F)(F)F. The number of ether oxygens (including phenoxy) is 1. The number of carbonyl (C=O) groups is 1. The Morgan fingerprint density at radius 2 is 1.50 bits per heavy atom. The summed E-state index contributed by atoms with van der Waals surface area (Å²) in [5.74, 6) is -1.39. The number of para-hydroxylation sites is 1. The third-order valence-corrected chi connectivity index (χ3v) is 4.79. The highest BCUT2D eigenvalue weighted by Crippen LogP contribution is 2.37. The fourth-order valence-corrected chi connectivity index (χ4v) is 3.32. The first-order valence-corrected chi connectivity index (χ1v) is 10.4. The average Bonchev–Trinajstić information content (AvgIpc) is 3.27. The Labute approximate surface area is 198 Å². The van der Waals surface area contributed by atoms with Gasteiger partial charge in [0.05, 0.1) is 5.56 Å². The fourth-order valence-electron chi connectivity index (χ4n) is 3.11. The van der Waals surface area contributed by atoms with E-state index in [0.29, 0.717) is 22.7 Å². The van der Waals surface area contributed by atoms with Crippen molar-refractivity contribution in [1.82, 2.24) is 5.32 Å². The van der Waals surface area contributed by atoms with Gasteiger partial charge in [0.15, 0.2) is 5.11 Å². The van der Waals surface area contributed by atoms with Crippen molar-refractivity contribution in [2.75, 3.05) is 5.32 Å². The zero-order valence-electron chi connectivity index (χ0n) is 17.4. The van der Waals surface area contributed by atoms with Gasteiger partial charge in [0.1, 0.15) is 17.3 Å². The largest absolute Gasteiger partial charge is 0.457 e. The van der Waals surface area contributed by atoms with Gasteiger partial charge in [-0.3, -0.25) is 10.1 Å². The topological polar surface area (TPSA) is 63.5 Å². The van der Waals surface area contributed by atoms with Crippen LogP contribution in [0, 0.1) is 0 Å². The fraction of sp³-hybridized carbons (Fsp3) is 0.0400. The maximum atomic E-state index is 13.5. The summed E-state index contributed by atoms with van der Waals surface area (Å²) in [6.45, 7) is 0. The third-order valence-electron chi connectivity index (χ3n) is 4.59. The van der Waals surface area contributed by atoms with Crippen molar-refractivity contribution in [2.45, 2.75) is 6.18 Å². The molecule has 0 atom stereocenters. The highest BCUT2D eigenvalue weighted by atomic mass is 32.1. The van der Waals surface area contributed by atoms with Crippen molar-refractivity contribution in [2.24, 2.45) is 0 Å². The number of carbonyl (C=O) groups excluding carboxylic acids is 1. The van der Waals surface area contributed by atoms with Crippen molar-refractivity contribution >= 4 is 28.9 Å². The molecule has 0 aliphatic rings. The van der Waals surface area contributed by atoms with E-state index >= 15 is 0 Å². The van der Waals surface area contributed by atoms with Crippen LogP contribution in [-0.4, -0.2) is 11.0 Å². The summed E-state index contributed by atoms with van der Waals surface area (Å²) in [6, 6.07) is 25.1. The molecule has 0 saturated heterocycles. The number of halogens is 3. The molecule has 0 radical (unpaired) electrons. The predicted octanol–water partition coefficient (Wildman–Crippen LogP) is 6.88. The Kier molecular flexibility index (Phi) is 6.65. The van der Waals surface area contributed by atoms with Crippen molar-refractivity contribution in [3.05, 3.63) is 102 Å². The molecule has 9 heteroatoms. The van der Waals surface area contributed by atoms with Crippen LogP contribution in [0.3, 0.4) is 0 Å². The molecule has 0 aliphatic carbocycles. The number of rotatable bonds is 5. The van der Waals surface area contributed by atoms with Crippen molar-refractivity contribution in [1.29, 1.82) is 0 Å². The maximum Gasteiger partial charge on any atom is 0.450 e. The maximum absolute atomic E-state index is 13.5. The highest BCUT2D eigenvalue weighted by molar-refractivity contribution is 7.80. The molecule has 0 unspecified atom stereocenters. The molecular weight excluding hydrogens is 465 g/mol. The zero-order chi connectivity index (χ0) is 24.1. The lowest BCUT2D eigenvalue weighted by molar-refractivity contribution is -0.153. The minimum Gasteiger partial charge on any atom is -0.457 e. The Hall–Kier alpha value is -4.11. The molecule has 0 fully saturated rings. The van der Waals surface area contributed by atoms with Gasteiger partial charge in [0.2, 0.25) is 5.76 Å². The standard InChI is InChI=1S/C25H17F3N2O3S/c26-25(27,28)22-20(15-21(33-22)16-8-3-1-4-9-16)23(31)30-24(34)29-17-10-7-13-19(14-17)32-18-11-5-2-6-12-18/h1-15H,(H2,29,30,31,34). The van der Waals surface area contributed by atoms with E-state index in [-0.39, 0.29) is 10.9 Å². The first-order chi connectivity index (χ1) is 16.3. The number of alkyl halides is 3. The third kappa shape index (κ3) is 5.62. The van der Waals surface area contributed by atoms with E-state index in [4.69, 9.17) is 21.4 Å². The summed E-state index contributed by atoms with van der Waals surface area (Å²) in [5.41, 5.74) is 0.214. The average molecular weight is 482 g/mol. The minimum atomic E-state index is -4.86. The van der Waals surface area contributed by atoms with Crippen molar-refractivity contribution in [3.63, 3.8) is 0 Å². The molecule has 34 heavy (non-hydrogen) atoms. The molecule has 0 aliphatic heterocycles. The van der Waals surface area contributed by atoms with Gasteiger partial charge in [-0.25, -0.2) is 0 Å². The quantitative estimate of drug-likeness (QED) is 0.304. The molecule has 0 saturated carbocycles. The molecule has 4 aromatic rings. The summed E-state index contributed by atoms with van der Waals surface area (Å²) >= 11 is 5.13. The van der Waals surface area contributed by atoms with Gasteiger partial charge in [-0.15, -0.1) is 0 Å². The number of furan rings is 1. The molecule has 2 N–H and O–H groups in total. The summed E-state index contributed by atoms with van der Waals surface area (Å²) in [6.07, 6.45) is -4.86. The summed E-state index contributed by atoms with van der Waals surface area (Å²) < 4.78 is 51.3. The van der Waals surface area contributed by atoms with E-state index in [2.05, 4.69) is 10.6 Å². The molecule has 1 heterocycles. The van der Waals surface area contributed by atoms with Gasteiger partial charge in [-0.2, -0.15) is 13.2 Å². The van der Waals surface area contributed by atoms with E-state index < -0.39 is 23.4 Å². The van der Waals surface area contributed by atoms with E-state index in [1.807, 2.05) is 18.2 Å². The normalized spacial score (nSPS) is 11.0. The molecule has 0 bridgehead atoms. The van der Waals surface area contributed by atoms with Crippen LogP contribution in [0.4, 0.5) is 18.9 Å². The lowest BCUT2D eigenvalue weighted by atomic mass is 10.1. The van der Waals surface area contributed by atoms with Crippen molar-refractivity contribution in [3.8, 4) is 22.8 Å². The number of nitrogens with one attached hydrogen (secondary N) is 2. The number of hydrogen-bond donors (Lipinski definition) is 2. The van der Waals surface area contributed by atoms with Gasteiger partial charge in [0.25, 0.3) is 5.91 Å². The molecule has 4 rings (SSSR count). The summed E-state index contributed by atoms with van der Waals surface area (Å²) in [7, 11) is 0. The van der Waals surface area contributed by atoms with Gasteiger partial charge >= 0.3 is 6.18 Å². The van der Waals surface area contributed by atoms with Gasteiger partial charge in [-0.05, 0) is 42.5 Å². The van der Waals surface area contributed by atoms with E-state index in [0.717, 1.165) is 6.07 Å². The lowest BCUT2D eigenvalue weighted by Crippen LogP contribution is -2.34. The van der Waals surface area contributed by atoms with Crippen LogP contribution >= 0.6 is 12.2 Å². The van der Waals surface area contributed by atoms with Crippen molar-refractivity contribution < 1.29 is 27.1 Å².